The Bertz CT molecular complexity index is 283. The standard InChI is InChI=1S/C11H20N2O4/c1-3-9-8(4-5-17-9)6-12-11(16)13-7(2)10(14)15/h7-9H,3-6H2,1-2H3,(H,14,15)(H2,12,13,16). The molecule has 0 saturated carbocycles. The monoisotopic (exact) mass is 244 g/mol. The number of carbonyl (C=O) groups is 2. The summed E-state index contributed by atoms with van der Waals surface area (Å²) in [5.74, 6) is -0.721. The number of carboxylic acids is 1. The van der Waals surface area contributed by atoms with E-state index in [-0.39, 0.29) is 6.10 Å². The molecule has 3 unspecified atom stereocenters. The smallest absolute Gasteiger partial charge is 0.325 e. The molecule has 1 rings (SSSR count). The molecule has 6 heteroatoms. The fourth-order valence-electron chi connectivity index (χ4n) is 1.91. The molecule has 0 aromatic carbocycles. The quantitative estimate of drug-likeness (QED) is 0.660. The summed E-state index contributed by atoms with van der Waals surface area (Å²) in [5, 5.41) is 13.7. The van der Waals surface area contributed by atoms with Crippen LogP contribution in [0, 0.1) is 5.92 Å². The Labute approximate surface area is 101 Å². The van der Waals surface area contributed by atoms with Crippen LogP contribution in [-0.2, 0) is 9.53 Å². The van der Waals surface area contributed by atoms with Gasteiger partial charge in [-0.25, -0.2) is 4.79 Å². The van der Waals surface area contributed by atoms with Crippen molar-refractivity contribution >= 4 is 12.0 Å². The molecule has 17 heavy (non-hydrogen) atoms. The molecule has 0 radical (unpaired) electrons. The zero-order valence-corrected chi connectivity index (χ0v) is 10.2. The van der Waals surface area contributed by atoms with E-state index < -0.39 is 18.0 Å². The highest BCUT2D eigenvalue weighted by Crippen LogP contribution is 2.22. The maximum Gasteiger partial charge on any atom is 0.325 e. The van der Waals surface area contributed by atoms with Gasteiger partial charge in [-0.15, -0.1) is 0 Å². The number of nitrogens with one attached hydrogen (secondary N) is 2. The largest absolute Gasteiger partial charge is 0.480 e. The third kappa shape index (κ3) is 4.22. The minimum absolute atomic E-state index is 0.201. The Morgan fingerprint density at radius 1 is 1.53 bits per heavy atom. The van der Waals surface area contributed by atoms with Crippen molar-refractivity contribution in [2.45, 2.75) is 38.8 Å². The Morgan fingerprint density at radius 3 is 2.82 bits per heavy atom. The Hall–Kier alpha value is -1.30. The normalized spacial score (nSPS) is 25.3. The van der Waals surface area contributed by atoms with Crippen molar-refractivity contribution in [3.63, 3.8) is 0 Å². The van der Waals surface area contributed by atoms with Gasteiger partial charge in [-0.2, -0.15) is 0 Å². The van der Waals surface area contributed by atoms with Crippen LogP contribution in [0.15, 0.2) is 0 Å². The minimum atomic E-state index is -1.05. The Kier molecular flexibility index (Phi) is 5.21. The highest BCUT2D eigenvalue weighted by Gasteiger charge is 2.27. The van der Waals surface area contributed by atoms with Gasteiger partial charge in [0.1, 0.15) is 6.04 Å². The zero-order valence-electron chi connectivity index (χ0n) is 10.2. The average Bonchev–Trinajstić information content (AvgIpc) is 2.73. The predicted molar refractivity (Wildman–Crippen MR) is 61.8 cm³/mol. The lowest BCUT2D eigenvalue weighted by Gasteiger charge is -2.18. The molecule has 0 aromatic rings. The van der Waals surface area contributed by atoms with Gasteiger partial charge in [-0.1, -0.05) is 6.92 Å². The van der Waals surface area contributed by atoms with Crippen LogP contribution in [0.2, 0.25) is 0 Å². The molecular formula is C11H20N2O4. The van der Waals surface area contributed by atoms with Gasteiger partial charge >= 0.3 is 12.0 Å². The third-order valence-corrected chi connectivity index (χ3v) is 2.99. The maximum absolute atomic E-state index is 11.4. The molecule has 6 nitrogen and oxygen atoms in total. The molecule has 1 fully saturated rings. The first kappa shape index (κ1) is 13.8. The molecule has 1 aliphatic rings. The van der Waals surface area contributed by atoms with Gasteiger partial charge in [0.25, 0.3) is 0 Å². The molecular weight excluding hydrogens is 224 g/mol. The second-order valence-corrected chi connectivity index (χ2v) is 4.28. The molecule has 0 spiro atoms. The fraction of sp³-hybridized carbons (Fsp3) is 0.818. The summed E-state index contributed by atoms with van der Waals surface area (Å²) in [6.07, 6.45) is 2.07. The van der Waals surface area contributed by atoms with Crippen LogP contribution in [0.25, 0.3) is 0 Å². The second kappa shape index (κ2) is 6.44. The first-order valence-corrected chi connectivity index (χ1v) is 5.93. The van der Waals surface area contributed by atoms with E-state index in [2.05, 4.69) is 17.6 Å². The van der Waals surface area contributed by atoms with E-state index in [1.165, 1.54) is 6.92 Å². The summed E-state index contributed by atoms with van der Waals surface area (Å²) in [7, 11) is 0. The van der Waals surface area contributed by atoms with Crippen LogP contribution in [0.5, 0.6) is 0 Å². The maximum atomic E-state index is 11.4. The molecule has 2 amide bonds. The zero-order chi connectivity index (χ0) is 12.8. The number of amides is 2. The molecule has 1 saturated heterocycles. The van der Waals surface area contributed by atoms with Crippen LogP contribution < -0.4 is 10.6 Å². The van der Waals surface area contributed by atoms with E-state index in [4.69, 9.17) is 9.84 Å². The highest BCUT2D eigenvalue weighted by molar-refractivity contribution is 5.82. The van der Waals surface area contributed by atoms with E-state index in [1.807, 2.05) is 0 Å². The topological polar surface area (TPSA) is 87.7 Å². The average molecular weight is 244 g/mol. The van der Waals surface area contributed by atoms with Gasteiger partial charge in [0.2, 0.25) is 0 Å². The number of aliphatic carboxylic acids is 1. The number of carbonyl (C=O) groups excluding carboxylic acids is 1. The Morgan fingerprint density at radius 2 is 2.24 bits per heavy atom. The van der Waals surface area contributed by atoms with Crippen molar-refractivity contribution in [1.29, 1.82) is 0 Å². The van der Waals surface area contributed by atoms with E-state index in [0.29, 0.717) is 12.5 Å². The number of hydrogen-bond donors (Lipinski definition) is 3. The summed E-state index contributed by atoms with van der Waals surface area (Å²) in [6, 6.07) is -1.32. The van der Waals surface area contributed by atoms with Gasteiger partial charge in [0.05, 0.1) is 6.10 Å². The number of urea groups is 1. The van der Waals surface area contributed by atoms with Crippen LogP contribution in [0.4, 0.5) is 4.79 Å². The van der Waals surface area contributed by atoms with Crippen molar-refractivity contribution in [1.82, 2.24) is 10.6 Å². The SMILES string of the molecule is CCC1OCCC1CNC(=O)NC(C)C(=O)O. The van der Waals surface area contributed by atoms with Gasteiger partial charge < -0.3 is 20.5 Å². The van der Waals surface area contributed by atoms with Crippen molar-refractivity contribution in [3.05, 3.63) is 0 Å². The first-order valence-electron chi connectivity index (χ1n) is 5.93. The third-order valence-electron chi connectivity index (χ3n) is 2.99. The molecule has 1 heterocycles. The van der Waals surface area contributed by atoms with Crippen molar-refractivity contribution < 1.29 is 19.4 Å². The van der Waals surface area contributed by atoms with E-state index in [9.17, 15) is 9.59 Å². The van der Waals surface area contributed by atoms with Gasteiger partial charge in [0, 0.05) is 19.1 Å². The number of rotatable bonds is 5. The molecule has 3 N–H and O–H groups in total. The van der Waals surface area contributed by atoms with E-state index in [0.717, 1.165) is 19.4 Å². The van der Waals surface area contributed by atoms with Gasteiger partial charge in [-0.05, 0) is 19.8 Å². The molecule has 1 aliphatic heterocycles. The summed E-state index contributed by atoms with van der Waals surface area (Å²) in [5.41, 5.74) is 0. The molecule has 0 bridgehead atoms. The summed E-state index contributed by atoms with van der Waals surface area (Å²) in [4.78, 5) is 21.9. The van der Waals surface area contributed by atoms with Crippen LogP contribution in [0.3, 0.4) is 0 Å². The first-order chi connectivity index (χ1) is 8.04. The highest BCUT2D eigenvalue weighted by atomic mass is 16.5. The van der Waals surface area contributed by atoms with Crippen LogP contribution in [-0.4, -0.2) is 42.4 Å². The van der Waals surface area contributed by atoms with Crippen molar-refractivity contribution in [2.24, 2.45) is 5.92 Å². The number of ether oxygens (including phenoxy) is 1. The summed E-state index contributed by atoms with van der Waals surface area (Å²) >= 11 is 0. The molecule has 3 atom stereocenters. The molecule has 98 valence electrons. The summed E-state index contributed by atoms with van der Waals surface area (Å²) in [6.45, 7) is 4.74. The Balaban J connectivity index is 2.26. The summed E-state index contributed by atoms with van der Waals surface area (Å²) < 4.78 is 5.50. The van der Waals surface area contributed by atoms with Gasteiger partial charge in [-0.3, -0.25) is 4.79 Å². The van der Waals surface area contributed by atoms with Gasteiger partial charge in [0.15, 0.2) is 0 Å². The number of carboxylic acid groups (broad SMARTS) is 1. The van der Waals surface area contributed by atoms with E-state index >= 15 is 0 Å². The second-order valence-electron chi connectivity index (χ2n) is 4.28. The predicted octanol–water partition coefficient (Wildman–Crippen LogP) is 0.574. The molecule has 0 aromatic heterocycles. The minimum Gasteiger partial charge on any atom is -0.480 e. The van der Waals surface area contributed by atoms with E-state index in [1.54, 1.807) is 0 Å². The van der Waals surface area contributed by atoms with Crippen LogP contribution in [0.1, 0.15) is 26.7 Å². The van der Waals surface area contributed by atoms with Crippen molar-refractivity contribution in [2.75, 3.05) is 13.2 Å². The fourth-order valence-corrected chi connectivity index (χ4v) is 1.91. The lowest BCUT2D eigenvalue weighted by atomic mass is 10.00. The van der Waals surface area contributed by atoms with Crippen LogP contribution >= 0.6 is 0 Å². The van der Waals surface area contributed by atoms with Crippen molar-refractivity contribution in [3.8, 4) is 0 Å². The molecule has 0 aliphatic carbocycles. The lowest BCUT2D eigenvalue weighted by Crippen LogP contribution is -2.46. The lowest BCUT2D eigenvalue weighted by molar-refractivity contribution is -0.138. The number of hydrogen-bond acceptors (Lipinski definition) is 3.